The molecule has 0 aliphatic carbocycles. The van der Waals surface area contributed by atoms with Crippen molar-refractivity contribution in [3.63, 3.8) is 0 Å². The van der Waals surface area contributed by atoms with Gasteiger partial charge in [-0.3, -0.25) is 4.90 Å². The molecule has 2 heterocycles. The van der Waals surface area contributed by atoms with Crippen LogP contribution in [0.4, 0.5) is 0 Å². The van der Waals surface area contributed by atoms with Gasteiger partial charge in [0.2, 0.25) is 5.89 Å². The van der Waals surface area contributed by atoms with Crippen molar-refractivity contribution in [3.8, 4) is 11.7 Å². The van der Waals surface area contributed by atoms with Crippen LogP contribution in [0.3, 0.4) is 0 Å². The summed E-state index contributed by atoms with van der Waals surface area (Å²) in [5.74, 6) is 1.43. The summed E-state index contributed by atoms with van der Waals surface area (Å²) in [6.45, 7) is 2.51. The third-order valence-corrected chi connectivity index (χ3v) is 2.60. The van der Waals surface area contributed by atoms with Crippen LogP contribution in [0.1, 0.15) is 12.8 Å². The van der Waals surface area contributed by atoms with Crippen molar-refractivity contribution in [1.29, 1.82) is 0 Å². The third-order valence-electron chi connectivity index (χ3n) is 2.60. The molecule has 17 heavy (non-hydrogen) atoms. The minimum atomic E-state index is 0.0500. The van der Waals surface area contributed by atoms with Gasteiger partial charge in [-0.25, -0.2) is 0 Å². The lowest BCUT2D eigenvalue weighted by Crippen LogP contribution is -2.31. The highest BCUT2D eigenvalue weighted by molar-refractivity contribution is 5.42. The molecule has 0 saturated carbocycles. The lowest BCUT2D eigenvalue weighted by molar-refractivity contribution is 0.145. The van der Waals surface area contributed by atoms with Gasteiger partial charge in [-0.1, -0.05) is 0 Å². The van der Waals surface area contributed by atoms with E-state index in [1.807, 2.05) is 18.9 Å². The fraction of sp³-hybridized carbons (Fsp3) is 0.455. The molecule has 92 valence electrons. The van der Waals surface area contributed by atoms with Gasteiger partial charge in [0.15, 0.2) is 5.76 Å². The quantitative estimate of drug-likeness (QED) is 0.840. The molecule has 0 aliphatic heterocycles. The summed E-state index contributed by atoms with van der Waals surface area (Å²) in [4.78, 5) is 1.93. The smallest absolute Gasteiger partial charge is 0.283 e. The van der Waals surface area contributed by atoms with Gasteiger partial charge in [0.05, 0.1) is 19.4 Å². The Kier molecular flexibility index (Phi) is 3.55. The molecule has 0 saturated heterocycles. The van der Waals surface area contributed by atoms with E-state index >= 15 is 0 Å². The summed E-state index contributed by atoms with van der Waals surface area (Å²) in [7, 11) is 1.89. The number of likely N-dealkylation sites (N-methyl/N-ethyl adjacent to an activating group) is 1. The SMILES string of the molecule is CC(CO)N(C)Cc1nnc(-c2ccco2)o1. The lowest BCUT2D eigenvalue weighted by Gasteiger charge is -2.20. The molecule has 0 aromatic carbocycles. The first-order valence-corrected chi connectivity index (χ1v) is 5.38. The first-order valence-electron chi connectivity index (χ1n) is 5.38. The maximum absolute atomic E-state index is 9.02. The van der Waals surface area contributed by atoms with Crippen molar-refractivity contribution in [3.05, 3.63) is 24.3 Å². The first kappa shape index (κ1) is 11.8. The fourth-order valence-electron chi connectivity index (χ4n) is 1.33. The van der Waals surface area contributed by atoms with Crippen LogP contribution in [0, 0.1) is 0 Å². The molecule has 6 heteroatoms. The predicted octanol–water partition coefficient (Wildman–Crippen LogP) is 1.14. The molecular formula is C11H15N3O3. The van der Waals surface area contributed by atoms with E-state index in [-0.39, 0.29) is 12.6 Å². The van der Waals surface area contributed by atoms with Crippen LogP contribution in [-0.4, -0.2) is 39.9 Å². The van der Waals surface area contributed by atoms with Gasteiger partial charge in [0, 0.05) is 6.04 Å². The van der Waals surface area contributed by atoms with Gasteiger partial charge in [-0.05, 0) is 26.1 Å². The van der Waals surface area contributed by atoms with Crippen LogP contribution in [0.25, 0.3) is 11.7 Å². The van der Waals surface area contributed by atoms with Crippen molar-refractivity contribution in [1.82, 2.24) is 15.1 Å². The second-order valence-electron chi connectivity index (χ2n) is 3.92. The zero-order valence-corrected chi connectivity index (χ0v) is 9.83. The van der Waals surface area contributed by atoms with E-state index in [4.69, 9.17) is 13.9 Å². The van der Waals surface area contributed by atoms with Gasteiger partial charge in [0.1, 0.15) is 0 Å². The molecule has 2 aromatic rings. The van der Waals surface area contributed by atoms with Crippen molar-refractivity contribution < 1.29 is 13.9 Å². The van der Waals surface area contributed by atoms with E-state index in [1.165, 1.54) is 0 Å². The lowest BCUT2D eigenvalue weighted by atomic mass is 10.3. The molecule has 1 atom stereocenters. The molecule has 0 radical (unpaired) electrons. The summed E-state index contributed by atoms with van der Waals surface area (Å²) >= 11 is 0. The Hall–Kier alpha value is -1.66. The van der Waals surface area contributed by atoms with E-state index in [2.05, 4.69) is 10.2 Å². The van der Waals surface area contributed by atoms with E-state index < -0.39 is 0 Å². The number of nitrogens with zero attached hydrogens (tertiary/aromatic N) is 3. The summed E-state index contributed by atoms with van der Waals surface area (Å²) in [5.41, 5.74) is 0. The molecule has 0 aliphatic rings. The van der Waals surface area contributed by atoms with Crippen molar-refractivity contribution in [2.24, 2.45) is 0 Å². The van der Waals surface area contributed by atoms with E-state index in [1.54, 1.807) is 18.4 Å². The van der Waals surface area contributed by atoms with Crippen molar-refractivity contribution in [2.45, 2.75) is 19.5 Å². The molecular weight excluding hydrogens is 222 g/mol. The average Bonchev–Trinajstić information content (AvgIpc) is 2.97. The standard InChI is InChI=1S/C11H15N3O3/c1-8(7-15)14(2)6-10-12-13-11(17-10)9-4-3-5-16-9/h3-5,8,15H,6-7H2,1-2H3. The number of aliphatic hydroxyl groups is 1. The van der Waals surface area contributed by atoms with Gasteiger partial charge < -0.3 is 13.9 Å². The van der Waals surface area contributed by atoms with Crippen LogP contribution in [-0.2, 0) is 6.54 Å². The Morgan fingerprint density at radius 2 is 2.29 bits per heavy atom. The first-order chi connectivity index (χ1) is 8.20. The summed E-state index contributed by atoms with van der Waals surface area (Å²) in [5, 5.41) is 16.8. The zero-order valence-electron chi connectivity index (χ0n) is 9.83. The predicted molar refractivity (Wildman–Crippen MR) is 60.0 cm³/mol. The van der Waals surface area contributed by atoms with Crippen LogP contribution in [0.2, 0.25) is 0 Å². The summed E-state index contributed by atoms with van der Waals surface area (Å²) < 4.78 is 10.6. The maximum Gasteiger partial charge on any atom is 0.283 e. The number of furan rings is 1. The monoisotopic (exact) mass is 237 g/mol. The summed E-state index contributed by atoms with van der Waals surface area (Å²) in [6, 6.07) is 3.57. The second-order valence-corrected chi connectivity index (χ2v) is 3.92. The van der Waals surface area contributed by atoms with Gasteiger partial charge in [0.25, 0.3) is 5.89 Å². The number of rotatable bonds is 5. The Balaban J connectivity index is 2.04. The Labute approximate surface area is 98.9 Å². The Bertz CT molecular complexity index is 452. The normalized spacial score (nSPS) is 13.2. The Morgan fingerprint density at radius 3 is 2.94 bits per heavy atom. The zero-order chi connectivity index (χ0) is 12.3. The minimum Gasteiger partial charge on any atom is -0.459 e. The second kappa shape index (κ2) is 5.11. The van der Waals surface area contributed by atoms with Crippen LogP contribution >= 0.6 is 0 Å². The number of hydrogen-bond acceptors (Lipinski definition) is 6. The van der Waals surface area contributed by atoms with Crippen molar-refractivity contribution >= 4 is 0 Å². The highest BCUT2D eigenvalue weighted by Gasteiger charge is 2.14. The minimum absolute atomic E-state index is 0.0500. The molecule has 0 amide bonds. The van der Waals surface area contributed by atoms with E-state index in [9.17, 15) is 0 Å². The van der Waals surface area contributed by atoms with Crippen LogP contribution in [0.5, 0.6) is 0 Å². The summed E-state index contributed by atoms with van der Waals surface area (Å²) in [6.07, 6.45) is 1.55. The largest absolute Gasteiger partial charge is 0.459 e. The molecule has 1 unspecified atom stereocenters. The number of aliphatic hydroxyl groups excluding tert-OH is 1. The fourth-order valence-corrected chi connectivity index (χ4v) is 1.33. The van der Waals surface area contributed by atoms with E-state index in [0.29, 0.717) is 24.1 Å². The van der Waals surface area contributed by atoms with Gasteiger partial charge >= 0.3 is 0 Å². The molecule has 1 N–H and O–H groups in total. The third kappa shape index (κ3) is 2.72. The number of hydrogen-bond donors (Lipinski definition) is 1. The molecule has 0 fully saturated rings. The van der Waals surface area contributed by atoms with E-state index in [0.717, 1.165) is 0 Å². The molecule has 0 spiro atoms. The molecule has 6 nitrogen and oxygen atoms in total. The Morgan fingerprint density at radius 1 is 1.47 bits per heavy atom. The molecule has 2 rings (SSSR count). The maximum atomic E-state index is 9.02. The van der Waals surface area contributed by atoms with Crippen molar-refractivity contribution in [2.75, 3.05) is 13.7 Å². The average molecular weight is 237 g/mol. The highest BCUT2D eigenvalue weighted by Crippen LogP contribution is 2.18. The number of aromatic nitrogens is 2. The van der Waals surface area contributed by atoms with Gasteiger partial charge in [-0.15, -0.1) is 10.2 Å². The molecule has 0 bridgehead atoms. The molecule has 2 aromatic heterocycles. The van der Waals surface area contributed by atoms with Crippen LogP contribution in [0.15, 0.2) is 27.2 Å². The topological polar surface area (TPSA) is 75.5 Å². The van der Waals surface area contributed by atoms with Crippen LogP contribution < -0.4 is 0 Å². The van der Waals surface area contributed by atoms with Gasteiger partial charge in [-0.2, -0.15) is 0 Å². The highest BCUT2D eigenvalue weighted by atomic mass is 16.4.